The van der Waals surface area contributed by atoms with Crippen LogP contribution < -0.4 is 4.90 Å². The van der Waals surface area contributed by atoms with Gasteiger partial charge in [-0.05, 0) is 17.3 Å². The molecule has 1 saturated heterocycles. The van der Waals surface area contributed by atoms with E-state index in [1.165, 1.54) is 0 Å². The lowest BCUT2D eigenvalue weighted by Crippen LogP contribution is -2.45. The third-order valence-electron chi connectivity index (χ3n) is 4.55. The molecule has 0 radical (unpaired) electrons. The Morgan fingerprint density at radius 3 is 2.40 bits per heavy atom. The molecule has 25 heavy (non-hydrogen) atoms. The third-order valence-corrected chi connectivity index (χ3v) is 4.55. The monoisotopic (exact) mass is 335 g/mol. The molecule has 2 aromatic carbocycles. The minimum absolute atomic E-state index is 0.0792. The fraction of sp³-hybridized carbons (Fsp3) is 0.200. The van der Waals surface area contributed by atoms with Crippen LogP contribution in [-0.4, -0.2) is 36.2 Å². The predicted molar refractivity (Wildman–Crippen MR) is 103 cm³/mol. The van der Waals surface area contributed by atoms with Gasteiger partial charge >= 0.3 is 0 Å². The predicted octanol–water partition coefficient (Wildman–Crippen LogP) is 4.32. The van der Waals surface area contributed by atoms with Crippen LogP contribution >= 0.6 is 0 Å². The van der Waals surface area contributed by atoms with Crippen LogP contribution in [0.4, 0.5) is 11.4 Å². The average Bonchev–Trinajstić information content (AvgIpc) is 2.66. The van der Waals surface area contributed by atoms with Gasteiger partial charge in [-0.2, -0.15) is 0 Å². The molecule has 1 aliphatic heterocycles. The number of allylic oxidation sites excluding steroid dienone is 3. The zero-order valence-electron chi connectivity index (χ0n) is 14.1. The van der Waals surface area contributed by atoms with Crippen LogP contribution in [0.3, 0.4) is 0 Å². The van der Waals surface area contributed by atoms with Gasteiger partial charge in [0.15, 0.2) is 5.69 Å². The number of anilines is 1. The van der Waals surface area contributed by atoms with E-state index in [1.54, 1.807) is 12.1 Å². The highest BCUT2D eigenvalue weighted by Crippen LogP contribution is 2.41. The second-order valence-corrected chi connectivity index (χ2v) is 5.91. The number of rotatable bonds is 5. The summed E-state index contributed by atoms with van der Waals surface area (Å²) in [5.74, 6) is -0.0792. The molecule has 3 rings (SSSR count). The lowest BCUT2D eigenvalue weighted by atomic mass is 10.0. The Hall–Kier alpha value is -3.08. The largest absolute Gasteiger partial charge is 0.505 e. The number of phenols is 1. The summed E-state index contributed by atoms with van der Waals surface area (Å²) in [6.07, 6.45) is 5.55. The molecule has 0 bridgehead atoms. The molecule has 0 atom stereocenters. The topological polar surface area (TPSA) is 56.1 Å². The molecule has 0 saturated carbocycles. The average molecular weight is 335 g/mol. The molecule has 128 valence electrons. The van der Waals surface area contributed by atoms with Gasteiger partial charge in [0.05, 0.1) is 0 Å². The van der Waals surface area contributed by atoms with Crippen molar-refractivity contribution in [1.82, 2.24) is 4.90 Å². The van der Waals surface area contributed by atoms with Crippen LogP contribution in [0.1, 0.15) is 0 Å². The summed E-state index contributed by atoms with van der Waals surface area (Å²) in [4.78, 5) is 15.6. The number of benzene rings is 2. The Bertz CT molecular complexity index is 849. The first-order valence-corrected chi connectivity index (χ1v) is 8.22. The van der Waals surface area contributed by atoms with E-state index >= 15 is 0 Å². The Morgan fingerprint density at radius 1 is 1.12 bits per heavy atom. The summed E-state index contributed by atoms with van der Waals surface area (Å²) in [5.41, 5.74) is 2.08. The fourth-order valence-electron chi connectivity index (χ4n) is 3.31. The molecule has 5 nitrogen and oxygen atoms in total. The fourth-order valence-corrected chi connectivity index (χ4v) is 3.31. The van der Waals surface area contributed by atoms with Crippen LogP contribution in [0.5, 0.6) is 5.75 Å². The van der Waals surface area contributed by atoms with Crippen molar-refractivity contribution in [3.8, 4) is 5.75 Å². The second kappa shape index (κ2) is 7.21. The van der Waals surface area contributed by atoms with Crippen LogP contribution in [0.25, 0.3) is 10.8 Å². The van der Waals surface area contributed by atoms with Gasteiger partial charge in [-0.3, -0.25) is 0 Å². The molecular formula is C20H21N3O2. The van der Waals surface area contributed by atoms with E-state index in [4.69, 9.17) is 0 Å². The molecule has 0 aliphatic carbocycles. The highest BCUT2D eigenvalue weighted by molar-refractivity contribution is 6.03. The van der Waals surface area contributed by atoms with Crippen molar-refractivity contribution in [2.24, 2.45) is 5.18 Å². The van der Waals surface area contributed by atoms with E-state index in [-0.39, 0.29) is 11.4 Å². The van der Waals surface area contributed by atoms with Crippen molar-refractivity contribution in [3.05, 3.63) is 72.3 Å². The molecule has 5 heteroatoms. The molecule has 1 heterocycles. The lowest BCUT2D eigenvalue weighted by Gasteiger charge is -2.38. The van der Waals surface area contributed by atoms with Crippen molar-refractivity contribution in [2.45, 2.75) is 0 Å². The van der Waals surface area contributed by atoms with Gasteiger partial charge in [-0.25, -0.2) is 0 Å². The number of hydrogen-bond acceptors (Lipinski definition) is 5. The molecule has 0 unspecified atom stereocenters. The standard InChI is InChI=1S/C20H21N3O2/c1-3-7-15(4-2)22-10-12-23(13-11-22)18-14-19(24)20(21-25)17-9-6-5-8-16(17)18/h3-9,14,24H,1-2,10-13H2/b15-7+. The highest BCUT2D eigenvalue weighted by Gasteiger charge is 2.21. The van der Waals surface area contributed by atoms with Gasteiger partial charge in [0.1, 0.15) is 5.75 Å². The number of nitroso groups, excluding NO2 is 1. The Morgan fingerprint density at radius 2 is 1.80 bits per heavy atom. The molecule has 0 amide bonds. The van der Waals surface area contributed by atoms with E-state index in [0.717, 1.165) is 42.9 Å². The number of nitrogens with zero attached hydrogens (tertiary/aromatic N) is 3. The van der Waals surface area contributed by atoms with Crippen molar-refractivity contribution < 1.29 is 5.11 Å². The van der Waals surface area contributed by atoms with E-state index in [1.807, 2.05) is 36.4 Å². The number of fused-ring (bicyclic) bond motifs is 1. The Balaban J connectivity index is 1.92. The smallest absolute Gasteiger partial charge is 0.157 e. The third kappa shape index (κ3) is 3.13. The van der Waals surface area contributed by atoms with Crippen LogP contribution in [0, 0.1) is 4.91 Å². The summed E-state index contributed by atoms with van der Waals surface area (Å²) in [6, 6.07) is 9.18. The van der Waals surface area contributed by atoms with Crippen LogP contribution in [-0.2, 0) is 0 Å². The molecule has 1 N–H and O–H groups in total. The van der Waals surface area contributed by atoms with E-state index in [9.17, 15) is 10.0 Å². The number of phenolic OH excluding ortho intramolecular Hbond substituents is 1. The summed E-state index contributed by atoms with van der Waals surface area (Å²) < 4.78 is 0. The first-order chi connectivity index (χ1) is 12.2. The van der Waals surface area contributed by atoms with Crippen molar-refractivity contribution >= 4 is 22.1 Å². The van der Waals surface area contributed by atoms with Crippen LogP contribution in [0.2, 0.25) is 0 Å². The molecule has 2 aromatic rings. The molecular weight excluding hydrogens is 314 g/mol. The molecule has 1 fully saturated rings. The summed E-state index contributed by atoms with van der Waals surface area (Å²) in [5, 5.41) is 14.8. The zero-order valence-corrected chi connectivity index (χ0v) is 14.1. The van der Waals surface area contributed by atoms with E-state index in [2.05, 4.69) is 28.1 Å². The Labute approximate surface area is 147 Å². The minimum Gasteiger partial charge on any atom is -0.505 e. The van der Waals surface area contributed by atoms with Gasteiger partial charge in [-0.15, -0.1) is 4.91 Å². The summed E-state index contributed by atoms with van der Waals surface area (Å²) in [6.45, 7) is 10.9. The van der Waals surface area contributed by atoms with Gasteiger partial charge in [-0.1, -0.05) is 43.5 Å². The Kier molecular flexibility index (Phi) is 4.84. The number of piperazine rings is 1. The zero-order chi connectivity index (χ0) is 17.8. The van der Waals surface area contributed by atoms with E-state index < -0.39 is 0 Å². The molecule has 1 aliphatic rings. The maximum absolute atomic E-state index is 11.1. The summed E-state index contributed by atoms with van der Waals surface area (Å²) >= 11 is 0. The maximum Gasteiger partial charge on any atom is 0.157 e. The summed E-state index contributed by atoms with van der Waals surface area (Å²) in [7, 11) is 0. The van der Waals surface area contributed by atoms with Crippen molar-refractivity contribution in [1.29, 1.82) is 0 Å². The first kappa shape index (κ1) is 16.8. The van der Waals surface area contributed by atoms with Gasteiger partial charge in [0.25, 0.3) is 0 Å². The van der Waals surface area contributed by atoms with Crippen LogP contribution in [0.15, 0.2) is 72.6 Å². The quantitative estimate of drug-likeness (QED) is 0.653. The number of aromatic hydroxyl groups is 1. The van der Waals surface area contributed by atoms with Gasteiger partial charge in [0, 0.05) is 54.4 Å². The SMILES string of the molecule is C=C/C=C(\C=C)N1CCN(c2cc(O)c(N=O)c3ccccc23)CC1. The second-order valence-electron chi connectivity index (χ2n) is 5.91. The number of hydrogen-bond donors (Lipinski definition) is 1. The maximum atomic E-state index is 11.1. The van der Waals surface area contributed by atoms with Crippen molar-refractivity contribution in [2.75, 3.05) is 31.1 Å². The molecule has 0 spiro atoms. The normalized spacial score (nSPS) is 15.3. The van der Waals surface area contributed by atoms with Crippen molar-refractivity contribution in [3.63, 3.8) is 0 Å². The van der Waals surface area contributed by atoms with Gasteiger partial charge in [0.2, 0.25) is 0 Å². The lowest BCUT2D eigenvalue weighted by molar-refractivity contribution is 0.331. The van der Waals surface area contributed by atoms with Gasteiger partial charge < -0.3 is 14.9 Å². The highest BCUT2D eigenvalue weighted by atomic mass is 16.3. The minimum atomic E-state index is -0.0792. The van der Waals surface area contributed by atoms with E-state index in [0.29, 0.717) is 5.39 Å². The molecule has 0 aromatic heterocycles. The first-order valence-electron chi connectivity index (χ1n) is 8.22.